The van der Waals surface area contributed by atoms with Gasteiger partial charge >= 0.3 is 6.18 Å². The lowest BCUT2D eigenvalue weighted by Crippen LogP contribution is -2.18. The van der Waals surface area contributed by atoms with Gasteiger partial charge in [-0.2, -0.15) is 13.2 Å². The van der Waals surface area contributed by atoms with Crippen molar-refractivity contribution in [3.8, 4) is 22.5 Å². The fourth-order valence-corrected chi connectivity index (χ4v) is 3.93. The van der Waals surface area contributed by atoms with Gasteiger partial charge in [0, 0.05) is 11.1 Å². The predicted octanol–water partition coefficient (Wildman–Crippen LogP) is 6.57. The maximum atomic E-state index is 13.2. The number of halogens is 3. The van der Waals surface area contributed by atoms with E-state index < -0.39 is 17.6 Å². The second-order valence-electron chi connectivity index (χ2n) is 7.90. The van der Waals surface area contributed by atoms with Crippen LogP contribution in [0.15, 0.2) is 78.0 Å². The van der Waals surface area contributed by atoms with Crippen molar-refractivity contribution in [3.63, 3.8) is 0 Å². The van der Waals surface area contributed by atoms with Crippen LogP contribution >= 0.6 is 11.8 Å². The normalized spacial score (nSPS) is 11.3. The molecule has 1 N–H and O–H groups in total. The predicted molar refractivity (Wildman–Crippen MR) is 131 cm³/mol. The summed E-state index contributed by atoms with van der Waals surface area (Å²) in [6, 6.07) is 20.5. The van der Waals surface area contributed by atoms with Crippen LogP contribution in [0.4, 0.5) is 18.9 Å². The van der Waals surface area contributed by atoms with Crippen molar-refractivity contribution in [2.24, 2.45) is 0 Å². The third-order valence-electron chi connectivity index (χ3n) is 5.16. The molecule has 1 aromatic heterocycles. The largest absolute Gasteiger partial charge is 0.418 e. The molecule has 9 heteroatoms. The number of anilines is 1. The fourth-order valence-electron chi connectivity index (χ4n) is 3.35. The summed E-state index contributed by atoms with van der Waals surface area (Å²) in [4.78, 5) is 17.0. The first-order valence-electron chi connectivity index (χ1n) is 10.7. The molecule has 0 unspecified atom stereocenters. The van der Waals surface area contributed by atoms with Gasteiger partial charge in [0.2, 0.25) is 11.1 Å². The Kier molecular flexibility index (Phi) is 7.16. The topological polar surface area (TPSA) is 67.8 Å². The Balaban J connectivity index is 1.57. The van der Waals surface area contributed by atoms with E-state index in [4.69, 9.17) is 0 Å². The Morgan fingerprint density at radius 2 is 1.40 bits per heavy atom. The van der Waals surface area contributed by atoms with Crippen LogP contribution in [-0.4, -0.2) is 26.8 Å². The maximum absolute atomic E-state index is 13.2. The van der Waals surface area contributed by atoms with Crippen molar-refractivity contribution in [2.75, 3.05) is 11.1 Å². The van der Waals surface area contributed by atoms with Gasteiger partial charge < -0.3 is 5.32 Å². The van der Waals surface area contributed by atoms with Gasteiger partial charge in [-0.05, 0) is 26.0 Å². The quantitative estimate of drug-likeness (QED) is 0.307. The van der Waals surface area contributed by atoms with Gasteiger partial charge in [-0.15, -0.1) is 10.2 Å². The van der Waals surface area contributed by atoms with Crippen molar-refractivity contribution >= 4 is 23.4 Å². The maximum Gasteiger partial charge on any atom is 0.418 e. The molecule has 0 aliphatic heterocycles. The highest BCUT2D eigenvalue weighted by Crippen LogP contribution is 2.35. The number of thioether (sulfide) groups is 1. The number of carbonyl (C=O) groups excluding carboxylic acids is 1. The third-order valence-corrected chi connectivity index (χ3v) is 5.99. The minimum atomic E-state index is -4.57. The number of aryl methyl sites for hydroxylation is 2. The molecule has 0 bridgehead atoms. The second kappa shape index (κ2) is 10.3. The first-order chi connectivity index (χ1) is 16.7. The molecular weight excluding hydrogens is 473 g/mol. The number of nitrogens with one attached hydrogen (secondary N) is 1. The van der Waals surface area contributed by atoms with Crippen LogP contribution in [0.5, 0.6) is 0 Å². The van der Waals surface area contributed by atoms with E-state index in [0.717, 1.165) is 40.1 Å². The zero-order chi connectivity index (χ0) is 25.0. The monoisotopic (exact) mass is 494 g/mol. The molecule has 0 saturated heterocycles. The molecule has 0 aliphatic rings. The van der Waals surface area contributed by atoms with Gasteiger partial charge in [0.05, 0.1) is 17.0 Å². The summed E-state index contributed by atoms with van der Waals surface area (Å²) in [5.41, 5.74) is 3.90. The van der Waals surface area contributed by atoms with E-state index in [9.17, 15) is 18.0 Å². The molecule has 3 aromatic carbocycles. The van der Waals surface area contributed by atoms with Gasteiger partial charge in [-0.1, -0.05) is 83.6 Å². The summed E-state index contributed by atoms with van der Waals surface area (Å²) < 4.78 is 39.6. The van der Waals surface area contributed by atoms with Gasteiger partial charge in [0.1, 0.15) is 11.4 Å². The van der Waals surface area contributed by atoms with Crippen molar-refractivity contribution < 1.29 is 18.0 Å². The summed E-state index contributed by atoms with van der Waals surface area (Å²) in [5, 5.41) is 11.1. The Bertz CT molecular complexity index is 1340. The van der Waals surface area contributed by atoms with E-state index in [1.165, 1.54) is 18.2 Å². The van der Waals surface area contributed by atoms with E-state index in [2.05, 4.69) is 20.5 Å². The number of hydrogen-bond donors (Lipinski definition) is 1. The van der Waals surface area contributed by atoms with Gasteiger partial charge in [0.25, 0.3) is 0 Å². The lowest BCUT2D eigenvalue weighted by Gasteiger charge is -2.13. The highest BCUT2D eigenvalue weighted by atomic mass is 32.2. The van der Waals surface area contributed by atoms with Crippen LogP contribution in [0.25, 0.3) is 22.5 Å². The molecule has 0 aliphatic carbocycles. The third kappa shape index (κ3) is 6.05. The van der Waals surface area contributed by atoms with E-state index in [-0.39, 0.29) is 16.6 Å². The summed E-state index contributed by atoms with van der Waals surface area (Å²) in [6.45, 7) is 3.98. The summed E-state index contributed by atoms with van der Waals surface area (Å²) in [5.74, 6) is -0.778. The first kappa shape index (κ1) is 24.4. The van der Waals surface area contributed by atoms with Crippen molar-refractivity contribution in [2.45, 2.75) is 25.2 Å². The van der Waals surface area contributed by atoms with Crippen molar-refractivity contribution in [1.82, 2.24) is 15.2 Å². The lowest BCUT2D eigenvalue weighted by atomic mass is 10.0. The molecule has 178 valence electrons. The molecule has 1 amide bonds. The number of benzene rings is 3. The van der Waals surface area contributed by atoms with Crippen LogP contribution in [0.3, 0.4) is 0 Å². The van der Waals surface area contributed by atoms with Crippen LogP contribution in [-0.2, 0) is 11.0 Å². The number of rotatable bonds is 6. The molecule has 0 atom stereocenters. The van der Waals surface area contributed by atoms with Crippen LogP contribution < -0.4 is 5.32 Å². The minimum absolute atomic E-state index is 0.176. The first-order valence-corrected chi connectivity index (χ1v) is 11.7. The SMILES string of the molecule is Cc1ccc(-c2nnc(SCC(=O)Nc3ccccc3C(F)(F)F)nc2-c2ccc(C)cc2)cc1. The average molecular weight is 495 g/mol. The molecule has 4 aromatic rings. The number of alkyl halides is 3. The molecule has 0 saturated carbocycles. The number of aromatic nitrogens is 3. The van der Waals surface area contributed by atoms with Crippen LogP contribution in [0, 0.1) is 13.8 Å². The number of para-hydroxylation sites is 1. The van der Waals surface area contributed by atoms with E-state index in [1.54, 1.807) is 0 Å². The van der Waals surface area contributed by atoms with Crippen LogP contribution in [0.2, 0.25) is 0 Å². The van der Waals surface area contributed by atoms with Crippen molar-refractivity contribution in [1.29, 1.82) is 0 Å². The molecule has 4 rings (SSSR count). The smallest absolute Gasteiger partial charge is 0.325 e. The van der Waals surface area contributed by atoms with Gasteiger partial charge in [0.15, 0.2) is 0 Å². The molecule has 1 heterocycles. The number of carbonyl (C=O) groups is 1. The summed E-state index contributed by atoms with van der Waals surface area (Å²) in [6.07, 6.45) is -4.57. The molecule has 0 fully saturated rings. The van der Waals surface area contributed by atoms with E-state index in [0.29, 0.717) is 11.4 Å². The molecule has 5 nitrogen and oxygen atoms in total. The zero-order valence-corrected chi connectivity index (χ0v) is 19.7. The van der Waals surface area contributed by atoms with E-state index >= 15 is 0 Å². The summed E-state index contributed by atoms with van der Waals surface area (Å²) in [7, 11) is 0. The molecule has 0 radical (unpaired) electrons. The standard InChI is InChI=1S/C26H21F3N4OS/c1-16-7-11-18(12-8-16)23-24(19-13-9-17(2)10-14-19)32-33-25(31-23)35-15-22(34)30-21-6-4-3-5-20(21)26(27,28)29/h3-14H,15H2,1-2H3,(H,30,34). The molecule has 35 heavy (non-hydrogen) atoms. The molecule has 0 spiro atoms. The number of amides is 1. The Labute approximate surface area is 204 Å². The number of nitrogens with zero attached hydrogens (tertiary/aromatic N) is 3. The Morgan fingerprint density at radius 3 is 2.00 bits per heavy atom. The van der Waals surface area contributed by atoms with Crippen LogP contribution in [0.1, 0.15) is 16.7 Å². The highest BCUT2D eigenvalue weighted by Gasteiger charge is 2.33. The highest BCUT2D eigenvalue weighted by molar-refractivity contribution is 7.99. The van der Waals surface area contributed by atoms with Gasteiger partial charge in [-0.25, -0.2) is 4.98 Å². The Morgan fingerprint density at radius 1 is 0.829 bits per heavy atom. The number of hydrogen-bond acceptors (Lipinski definition) is 5. The summed E-state index contributed by atoms with van der Waals surface area (Å²) >= 11 is 1.00. The fraction of sp³-hybridized carbons (Fsp3) is 0.154. The minimum Gasteiger partial charge on any atom is -0.325 e. The average Bonchev–Trinajstić information content (AvgIpc) is 2.83. The van der Waals surface area contributed by atoms with E-state index in [1.807, 2.05) is 62.4 Å². The lowest BCUT2D eigenvalue weighted by molar-refractivity contribution is -0.137. The zero-order valence-electron chi connectivity index (χ0n) is 18.9. The van der Waals surface area contributed by atoms with Gasteiger partial charge in [-0.3, -0.25) is 4.79 Å². The van der Waals surface area contributed by atoms with Crippen molar-refractivity contribution in [3.05, 3.63) is 89.5 Å². The second-order valence-corrected chi connectivity index (χ2v) is 8.85. The Hall–Kier alpha value is -3.72. The molecular formula is C26H21F3N4OS.